The molecule has 3 N–H and O–H groups in total. The fourth-order valence-electron chi connectivity index (χ4n) is 1.96. The van der Waals surface area contributed by atoms with Gasteiger partial charge in [-0.1, -0.05) is 12.1 Å². The average molecular weight is 271 g/mol. The van der Waals surface area contributed by atoms with Crippen molar-refractivity contribution in [3.8, 4) is 5.75 Å². The monoisotopic (exact) mass is 271 g/mol. The summed E-state index contributed by atoms with van der Waals surface area (Å²) in [7, 11) is 0. The van der Waals surface area contributed by atoms with Crippen molar-refractivity contribution in [2.45, 2.75) is 6.54 Å². The molecule has 0 fully saturated rings. The molecule has 4 nitrogen and oxygen atoms in total. The summed E-state index contributed by atoms with van der Waals surface area (Å²) >= 11 is 0. The van der Waals surface area contributed by atoms with Gasteiger partial charge in [-0.2, -0.15) is 0 Å². The van der Waals surface area contributed by atoms with E-state index in [1.807, 2.05) is 6.07 Å². The van der Waals surface area contributed by atoms with Crippen molar-refractivity contribution in [2.75, 3.05) is 17.7 Å². The van der Waals surface area contributed by atoms with Gasteiger partial charge in [-0.15, -0.1) is 0 Å². The Hall–Kier alpha value is -2.56. The Morgan fingerprint density at radius 3 is 2.80 bits per heavy atom. The van der Waals surface area contributed by atoms with Crippen LogP contribution in [0.3, 0.4) is 0 Å². The first-order chi connectivity index (χ1) is 9.70. The van der Waals surface area contributed by atoms with E-state index in [0.717, 1.165) is 22.8 Å². The molecule has 0 aliphatic carbocycles. The number of rotatable bonds is 2. The van der Waals surface area contributed by atoms with Crippen molar-refractivity contribution in [3.05, 3.63) is 53.8 Å². The summed E-state index contributed by atoms with van der Waals surface area (Å²) in [5, 5.41) is 3.20. The minimum atomic E-state index is -0.243. The van der Waals surface area contributed by atoms with Crippen LogP contribution in [0.25, 0.3) is 0 Å². The van der Waals surface area contributed by atoms with Crippen LogP contribution in [0, 0.1) is 5.82 Å². The van der Waals surface area contributed by atoms with Crippen molar-refractivity contribution < 1.29 is 9.13 Å². The molecule has 1 heterocycles. The van der Waals surface area contributed by atoms with Crippen molar-refractivity contribution in [2.24, 2.45) is 4.99 Å². The number of ether oxygens (including phenoxy) is 1. The van der Waals surface area contributed by atoms with E-state index in [1.165, 1.54) is 12.1 Å². The Balaban J connectivity index is 1.71. The van der Waals surface area contributed by atoms with Crippen molar-refractivity contribution in [1.82, 2.24) is 0 Å². The highest BCUT2D eigenvalue weighted by atomic mass is 19.1. The third-order valence-corrected chi connectivity index (χ3v) is 3.01. The molecule has 2 aromatic carbocycles. The Labute approximate surface area is 116 Å². The average Bonchev–Trinajstić information content (AvgIpc) is 2.46. The first kappa shape index (κ1) is 12.5. The number of amidine groups is 1. The molecule has 1 aliphatic heterocycles. The van der Waals surface area contributed by atoms with Gasteiger partial charge in [0.25, 0.3) is 0 Å². The lowest BCUT2D eigenvalue weighted by Gasteiger charge is -2.21. The predicted octanol–water partition coefficient (Wildman–Crippen LogP) is 2.81. The van der Waals surface area contributed by atoms with Crippen LogP contribution in [0.4, 0.5) is 15.8 Å². The van der Waals surface area contributed by atoms with Gasteiger partial charge in [0.1, 0.15) is 24.0 Å². The molecule has 1 aliphatic rings. The number of nitrogens with one attached hydrogen (secondary N) is 1. The number of anilines is 2. The topological polar surface area (TPSA) is 59.6 Å². The molecule has 0 unspecified atom stereocenters. The van der Waals surface area contributed by atoms with Crippen LogP contribution in [0.5, 0.6) is 5.75 Å². The second-order valence-electron chi connectivity index (χ2n) is 4.56. The van der Waals surface area contributed by atoms with E-state index in [-0.39, 0.29) is 5.82 Å². The molecule has 0 atom stereocenters. The van der Waals surface area contributed by atoms with Crippen LogP contribution >= 0.6 is 0 Å². The lowest BCUT2D eigenvalue weighted by atomic mass is 10.2. The van der Waals surface area contributed by atoms with Crippen molar-refractivity contribution in [1.29, 1.82) is 0 Å². The van der Waals surface area contributed by atoms with Gasteiger partial charge < -0.3 is 15.8 Å². The van der Waals surface area contributed by atoms with E-state index in [4.69, 9.17) is 10.5 Å². The summed E-state index contributed by atoms with van der Waals surface area (Å²) < 4.78 is 18.4. The van der Waals surface area contributed by atoms with Crippen LogP contribution in [0.15, 0.2) is 47.5 Å². The molecule has 0 spiro atoms. The fourth-order valence-corrected chi connectivity index (χ4v) is 1.96. The van der Waals surface area contributed by atoms with Crippen molar-refractivity contribution >= 4 is 17.2 Å². The first-order valence-electron chi connectivity index (χ1n) is 6.28. The summed E-state index contributed by atoms with van der Waals surface area (Å²) in [6, 6.07) is 11.7. The Morgan fingerprint density at radius 2 is 2.00 bits per heavy atom. The molecule has 0 saturated carbocycles. The maximum atomic E-state index is 12.8. The van der Waals surface area contributed by atoms with Crippen LogP contribution in [-0.4, -0.2) is 12.4 Å². The lowest BCUT2D eigenvalue weighted by molar-refractivity contribution is 0.372. The highest BCUT2D eigenvalue weighted by molar-refractivity contribution is 5.99. The van der Waals surface area contributed by atoms with Gasteiger partial charge in [-0.25, -0.2) is 4.39 Å². The Morgan fingerprint density at radius 1 is 1.20 bits per heavy atom. The SMILES string of the molecule is Nc1ccc2c(c1)OCC(=NCc1ccc(F)cc1)N2. The number of nitrogens with zero attached hydrogens (tertiary/aromatic N) is 1. The third kappa shape index (κ3) is 2.71. The number of benzene rings is 2. The number of hydrogen-bond acceptors (Lipinski definition) is 3. The molecule has 2 aromatic rings. The molecular weight excluding hydrogens is 257 g/mol. The molecule has 102 valence electrons. The molecule has 3 rings (SSSR count). The van der Waals surface area contributed by atoms with Gasteiger partial charge in [0.05, 0.1) is 12.2 Å². The number of hydrogen-bond donors (Lipinski definition) is 2. The van der Waals surface area contributed by atoms with Gasteiger partial charge in [0, 0.05) is 11.8 Å². The van der Waals surface area contributed by atoms with Gasteiger partial charge in [-0.05, 0) is 29.8 Å². The van der Waals surface area contributed by atoms with Crippen LogP contribution in [-0.2, 0) is 6.54 Å². The summed E-state index contributed by atoms with van der Waals surface area (Å²) in [5.74, 6) is 1.23. The predicted molar refractivity (Wildman–Crippen MR) is 77.5 cm³/mol. The van der Waals surface area contributed by atoms with Gasteiger partial charge >= 0.3 is 0 Å². The lowest BCUT2D eigenvalue weighted by Crippen LogP contribution is -2.26. The minimum absolute atomic E-state index is 0.243. The van der Waals surface area contributed by atoms with E-state index in [0.29, 0.717) is 18.8 Å². The molecule has 0 aromatic heterocycles. The summed E-state index contributed by atoms with van der Waals surface area (Å²) in [6.07, 6.45) is 0. The highest BCUT2D eigenvalue weighted by Crippen LogP contribution is 2.29. The van der Waals surface area contributed by atoms with E-state index in [2.05, 4.69) is 10.3 Å². The summed E-state index contributed by atoms with van der Waals surface area (Å²) in [5.41, 5.74) is 8.16. The zero-order chi connectivity index (χ0) is 13.9. The van der Waals surface area contributed by atoms with Gasteiger partial charge in [-0.3, -0.25) is 4.99 Å². The van der Waals surface area contributed by atoms with Crippen LogP contribution in [0.1, 0.15) is 5.56 Å². The second kappa shape index (κ2) is 5.21. The highest BCUT2D eigenvalue weighted by Gasteiger charge is 2.14. The van der Waals surface area contributed by atoms with Crippen LogP contribution in [0.2, 0.25) is 0 Å². The van der Waals surface area contributed by atoms with Crippen molar-refractivity contribution in [3.63, 3.8) is 0 Å². The largest absolute Gasteiger partial charge is 0.483 e. The normalized spacial score (nSPS) is 15.3. The fraction of sp³-hybridized carbons (Fsp3) is 0.133. The number of fused-ring (bicyclic) bond motifs is 1. The maximum absolute atomic E-state index is 12.8. The molecule has 0 amide bonds. The minimum Gasteiger partial charge on any atom is -0.483 e. The first-order valence-corrected chi connectivity index (χ1v) is 6.28. The number of nitrogen functional groups attached to an aromatic ring is 1. The summed E-state index contributed by atoms with van der Waals surface area (Å²) in [4.78, 5) is 4.43. The van der Waals surface area contributed by atoms with E-state index < -0.39 is 0 Å². The molecule has 20 heavy (non-hydrogen) atoms. The number of halogens is 1. The summed E-state index contributed by atoms with van der Waals surface area (Å²) in [6.45, 7) is 0.855. The van der Waals surface area contributed by atoms with E-state index in [9.17, 15) is 4.39 Å². The maximum Gasteiger partial charge on any atom is 0.146 e. The van der Waals surface area contributed by atoms with Gasteiger partial charge in [0.2, 0.25) is 0 Å². The molecule has 0 radical (unpaired) electrons. The number of nitrogens with two attached hydrogens (primary N) is 1. The Bertz CT molecular complexity index is 653. The molecular formula is C15H14FN3O. The zero-order valence-electron chi connectivity index (χ0n) is 10.8. The quantitative estimate of drug-likeness (QED) is 0.826. The second-order valence-corrected chi connectivity index (χ2v) is 4.56. The smallest absolute Gasteiger partial charge is 0.146 e. The Kier molecular flexibility index (Phi) is 3.25. The zero-order valence-corrected chi connectivity index (χ0v) is 10.8. The standard InChI is InChI=1S/C15H14FN3O/c16-11-3-1-10(2-4-11)8-18-15-9-20-14-7-12(17)5-6-13(14)19-15/h1-7H,8-9,17H2,(H,18,19). The third-order valence-electron chi connectivity index (χ3n) is 3.01. The van der Waals surface area contributed by atoms with Gasteiger partial charge in [0.15, 0.2) is 0 Å². The number of aliphatic imine (C=N–C) groups is 1. The molecule has 5 heteroatoms. The van der Waals surface area contributed by atoms with E-state index in [1.54, 1.807) is 24.3 Å². The molecule has 0 saturated heterocycles. The van der Waals surface area contributed by atoms with Crippen LogP contribution < -0.4 is 15.8 Å². The molecule has 0 bridgehead atoms. The van der Waals surface area contributed by atoms with E-state index >= 15 is 0 Å².